The molecular weight excluding hydrogens is 526 g/mol. The maximum atomic E-state index is 11.7. The summed E-state index contributed by atoms with van der Waals surface area (Å²) in [6.07, 6.45) is 13.1. The van der Waals surface area contributed by atoms with E-state index in [9.17, 15) is 8.42 Å². The molecule has 0 radical (unpaired) electrons. The van der Waals surface area contributed by atoms with Crippen LogP contribution in [0.5, 0.6) is 0 Å². The Bertz CT molecular complexity index is 1430. The van der Waals surface area contributed by atoms with Crippen LogP contribution in [0.4, 0.5) is 5.69 Å². The van der Waals surface area contributed by atoms with E-state index in [1.54, 1.807) is 7.05 Å². The molecular formula is C35H47N3O2S. The first-order chi connectivity index (χ1) is 19.4. The van der Waals surface area contributed by atoms with Crippen LogP contribution < -0.4 is 5.32 Å². The molecule has 0 saturated carbocycles. The Hall–Kier alpha value is -3.64. The van der Waals surface area contributed by atoms with Crippen molar-refractivity contribution in [3.8, 4) is 11.1 Å². The number of nitrogens with zero attached hydrogens (tertiary/aromatic N) is 2. The molecule has 0 aliphatic rings. The highest BCUT2D eigenvalue weighted by Crippen LogP contribution is 2.33. The fraction of sp³-hybridized carbons (Fsp3) is 0.343. The number of sulfone groups is 1. The van der Waals surface area contributed by atoms with E-state index in [1.165, 1.54) is 6.26 Å². The van der Waals surface area contributed by atoms with Crippen molar-refractivity contribution in [2.45, 2.75) is 52.0 Å². The average molecular weight is 574 g/mol. The maximum absolute atomic E-state index is 11.7. The van der Waals surface area contributed by atoms with Gasteiger partial charge in [0.1, 0.15) is 0 Å². The highest BCUT2D eigenvalue weighted by atomic mass is 32.2. The van der Waals surface area contributed by atoms with Crippen LogP contribution in [-0.2, 0) is 9.84 Å². The van der Waals surface area contributed by atoms with Gasteiger partial charge in [-0.2, -0.15) is 0 Å². The van der Waals surface area contributed by atoms with E-state index in [0.717, 1.165) is 70.3 Å². The monoisotopic (exact) mass is 573 g/mol. The molecule has 5 nitrogen and oxygen atoms in total. The molecule has 0 fully saturated rings. The zero-order valence-electron chi connectivity index (χ0n) is 25.7. The van der Waals surface area contributed by atoms with Gasteiger partial charge in [0.15, 0.2) is 9.84 Å². The predicted molar refractivity (Wildman–Crippen MR) is 181 cm³/mol. The summed E-state index contributed by atoms with van der Waals surface area (Å²) < 4.78 is 23.4. The third kappa shape index (κ3) is 10.7. The lowest BCUT2D eigenvalue weighted by Gasteiger charge is -2.22. The highest BCUT2D eigenvalue weighted by Gasteiger charge is 2.15. The van der Waals surface area contributed by atoms with Crippen LogP contribution in [0.2, 0.25) is 0 Å². The van der Waals surface area contributed by atoms with Crippen LogP contribution in [0.25, 0.3) is 22.3 Å². The molecule has 0 bridgehead atoms. The summed E-state index contributed by atoms with van der Waals surface area (Å²) in [7, 11) is 2.60. The summed E-state index contributed by atoms with van der Waals surface area (Å²) in [5, 5.41) is 3.81. The fourth-order valence-corrected chi connectivity index (χ4v) is 5.10. The van der Waals surface area contributed by atoms with Gasteiger partial charge in [-0.15, -0.1) is 0 Å². The number of anilines is 1. The summed E-state index contributed by atoms with van der Waals surface area (Å²) in [5.41, 5.74) is 8.41. The molecule has 1 N–H and O–H groups in total. The van der Waals surface area contributed by atoms with Gasteiger partial charge < -0.3 is 10.2 Å². The molecule has 0 spiro atoms. The normalized spacial score (nSPS) is 13.2. The third-order valence-electron chi connectivity index (χ3n) is 6.78. The zero-order chi connectivity index (χ0) is 30.6. The number of hydrogen-bond acceptors (Lipinski definition) is 5. The molecule has 0 aliphatic heterocycles. The summed E-state index contributed by atoms with van der Waals surface area (Å²) in [4.78, 5) is 6.64. The Kier molecular flexibility index (Phi) is 13.1. The minimum Gasteiger partial charge on any atom is -0.383 e. The minimum atomic E-state index is -3.18. The Balaban J connectivity index is 2.48. The van der Waals surface area contributed by atoms with Gasteiger partial charge in [0.05, 0.1) is 0 Å². The van der Waals surface area contributed by atoms with Crippen LogP contribution in [0, 0.1) is 0 Å². The SMILES string of the molecule is C=C/C(=C\N(C)C)c1cccc(-c2ccc(/C(C=NC)=C/C(=C)C)c(NC(CC)CCCCC(=C)S(C)(=O)=O)c2)c1. The van der Waals surface area contributed by atoms with E-state index in [1.807, 2.05) is 44.3 Å². The number of aliphatic imine (C=N–C) groups is 1. The van der Waals surface area contributed by atoms with Crippen molar-refractivity contribution in [1.82, 2.24) is 4.90 Å². The Morgan fingerprint density at radius 3 is 2.37 bits per heavy atom. The van der Waals surface area contributed by atoms with Crippen molar-refractivity contribution >= 4 is 32.9 Å². The number of rotatable bonds is 16. The van der Waals surface area contributed by atoms with Gasteiger partial charge in [0, 0.05) is 67.6 Å². The Labute approximate surface area is 248 Å². The first kappa shape index (κ1) is 33.6. The number of nitrogens with one attached hydrogen (secondary N) is 1. The molecule has 0 amide bonds. The molecule has 1 atom stereocenters. The average Bonchev–Trinajstić information content (AvgIpc) is 2.92. The zero-order valence-corrected chi connectivity index (χ0v) is 26.5. The predicted octanol–water partition coefficient (Wildman–Crippen LogP) is 8.41. The van der Waals surface area contributed by atoms with Crippen molar-refractivity contribution < 1.29 is 8.42 Å². The Morgan fingerprint density at radius 1 is 1.07 bits per heavy atom. The van der Waals surface area contributed by atoms with Gasteiger partial charge in [-0.3, -0.25) is 4.99 Å². The third-order valence-corrected chi connectivity index (χ3v) is 8.03. The van der Waals surface area contributed by atoms with Gasteiger partial charge in [-0.05, 0) is 67.0 Å². The largest absolute Gasteiger partial charge is 0.383 e. The van der Waals surface area contributed by atoms with Crippen molar-refractivity contribution in [1.29, 1.82) is 0 Å². The van der Waals surface area contributed by atoms with Crippen LogP contribution in [0.15, 0.2) is 96.0 Å². The summed E-state index contributed by atoms with van der Waals surface area (Å²) in [5.74, 6) is 0. The highest BCUT2D eigenvalue weighted by molar-refractivity contribution is 7.94. The molecule has 2 aromatic carbocycles. The fourth-order valence-electron chi connectivity index (χ4n) is 4.58. The molecule has 2 rings (SSSR count). The lowest BCUT2D eigenvalue weighted by molar-refractivity contribution is 0.566. The van der Waals surface area contributed by atoms with Crippen LogP contribution >= 0.6 is 0 Å². The lowest BCUT2D eigenvalue weighted by atomic mass is 9.94. The summed E-state index contributed by atoms with van der Waals surface area (Å²) in [6, 6.07) is 15.2. The molecule has 0 saturated heterocycles. The quantitative estimate of drug-likeness (QED) is 0.124. The van der Waals surface area contributed by atoms with Crippen LogP contribution in [0.1, 0.15) is 57.1 Å². The number of benzene rings is 2. The van der Waals surface area contributed by atoms with E-state index in [2.05, 4.69) is 85.6 Å². The van der Waals surface area contributed by atoms with Crippen LogP contribution in [0.3, 0.4) is 0 Å². The number of hydrogen-bond donors (Lipinski definition) is 1. The first-order valence-electron chi connectivity index (χ1n) is 14.1. The van der Waals surface area contributed by atoms with Gasteiger partial charge in [-0.1, -0.05) is 81.1 Å². The molecule has 6 heteroatoms. The van der Waals surface area contributed by atoms with E-state index < -0.39 is 9.84 Å². The van der Waals surface area contributed by atoms with Gasteiger partial charge in [0.2, 0.25) is 0 Å². The topological polar surface area (TPSA) is 61.8 Å². The Morgan fingerprint density at radius 2 is 1.78 bits per heavy atom. The van der Waals surface area contributed by atoms with E-state index >= 15 is 0 Å². The van der Waals surface area contributed by atoms with E-state index in [0.29, 0.717) is 11.3 Å². The number of allylic oxidation sites excluding steroid dienone is 6. The van der Waals surface area contributed by atoms with Gasteiger partial charge >= 0.3 is 0 Å². The van der Waals surface area contributed by atoms with Gasteiger partial charge in [-0.25, -0.2) is 8.42 Å². The molecule has 0 aromatic heterocycles. The molecule has 2 aromatic rings. The van der Waals surface area contributed by atoms with Gasteiger partial charge in [0.25, 0.3) is 0 Å². The van der Waals surface area contributed by atoms with E-state index in [4.69, 9.17) is 0 Å². The molecule has 0 heterocycles. The molecule has 41 heavy (non-hydrogen) atoms. The van der Waals surface area contributed by atoms with Crippen molar-refractivity contribution in [2.75, 3.05) is 32.7 Å². The second-order valence-corrected chi connectivity index (χ2v) is 12.9. The minimum absolute atomic E-state index is 0.224. The second kappa shape index (κ2) is 16.0. The standard InChI is InChI=1S/C35H47N3O2S/c1-10-28(25-38(7)8)29-16-14-17-30(22-29)31-19-20-34(32(24-36-6)21-26(3)4)35(23-31)37-33(11-2)18-13-12-15-27(5)41(9,39)40/h10,14,16-17,19-25,33,37H,1,3,5,11-13,15,18H2,2,4,6-9H3/b28-25+,32-21+,36-24?. The molecule has 1 unspecified atom stereocenters. The van der Waals surface area contributed by atoms with Crippen molar-refractivity contribution in [3.05, 3.63) is 102 Å². The molecule has 220 valence electrons. The summed E-state index contributed by atoms with van der Waals surface area (Å²) >= 11 is 0. The van der Waals surface area contributed by atoms with Crippen molar-refractivity contribution in [3.63, 3.8) is 0 Å². The maximum Gasteiger partial charge on any atom is 0.171 e. The first-order valence-corrected chi connectivity index (χ1v) is 16.0. The smallest absolute Gasteiger partial charge is 0.171 e. The molecule has 0 aliphatic carbocycles. The lowest BCUT2D eigenvalue weighted by Crippen LogP contribution is -2.19. The van der Waals surface area contributed by atoms with E-state index in [-0.39, 0.29) is 6.04 Å². The van der Waals surface area contributed by atoms with Crippen molar-refractivity contribution in [2.24, 2.45) is 4.99 Å². The number of unbranched alkanes of at least 4 members (excludes halogenated alkanes) is 1. The summed E-state index contributed by atoms with van der Waals surface area (Å²) in [6.45, 7) is 16.0. The second-order valence-electron chi connectivity index (χ2n) is 10.7. The van der Waals surface area contributed by atoms with Crippen LogP contribution in [-0.4, -0.2) is 53.0 Å².